The average Bonchev–Trinajstić information content (AvgIpc) is 2.93. The molecule has 3 rings (SSSR count). The lowest BCUT2D eigenvalue weighted by Gasteiger charge is -2.24. The van der Waals surface area contributed by atoms with Crippen molar-refractivity contribution >= 4 is 11.4 Å². The number of hydrogen-bond acceptors (Lipinski definition) is 5. The molecular formula is C19H16N4O. The fraction of sp³-hybridized carbons (Fsp3) is 0.211. The first-order valence-corrected chi connectivity index (χ1v) is 7.68. The highest BCUT2D eigenvalue weighted by Crippen LogP contribution is 2.33. The van der Waals surface area contributed by atoms with Gasteiger partial charge in [0.05, 0.1) is 41.6 Å². The molecule has 0 aliphatic carbocycles. The van der Waals surface area contributed by atoms with Gasteiger partial charge >= 0.3 is 0 Å². The fourth-order valence-corrected chi connectivity index (χ4v) is 2.92. The van der Waals surface area contributed by atoms with E-state index in [2.05, 4.69) is 19.1 Å². The van der Waals surface area contributed by atoms with E-state index in [0.717, 1.165) is 17.0 Å². The molecule has 1 aliphatic heterocycles. The Morgan fingerprint density at radius 3 is 2.33 bits per heavy atom. The van der Waals surface area contributed by atoms with Crippen molar-refractivity contribution in [1.29, 1.82) is 10.5 Å². The molecule has 0 amide bonds. The smallest absolute Gasteiger partial charge is 0.115 e. The highest BCUT2D eigenvalue weighted by Gasteiger charge is 2.35. The van der Waals surface area contributed by atoms with Crippen LogP contribution in [0.15, 0.2) is 53.6 Å². The third kappa shape index (κ3) is 2.80. The zero-order chi connectivity index (χ0) is 17.1. The minimum atomic E-state index is -0.0646. The maximum Gasteiger partial charge on any atom is 0.115 e. The molecule has 0 spiro atoms. The van der Waals surface area contributed by atoms with Gasteiger partial charge in [0.2, 0.25) is 0 Å². The Kier molecular flexibility index (Phi) is 4.18. The van der Waals surface area contributed by atoms with Crippen molar-refractivity contribution in [2.24, 2.45) is 11.0 Å². The normalized spacial score (nSPS) is 19.5. The van der Waals surface area contributed by atoms with Crippen molar-refractivity contribution in [3.8, 4) is 17.9 Å². The van der Waals surface area contributed by atoms with E-state index in [1.807, 2.05) is 17.1 Å². The topological polar surface area (TPSA) is 83.4 Å². The Morgan fingerprint density at radius 2 is 1.75 bits per heavy atom. The summed E-state index contributed by atoms with van der Waals surface area (Å²) in [6, 6.07) is 18.4. The van der Waals surface area contributed by atoms with Gasteiger partial charge in [-0.2, -0.15) is 15.6 Å². The van der Waals surface area contributed by atoms with Crippen LogP contribution >= 0.6 is 0 Å². The van der Waals surface area contributed by atoms with Crippen LogP contribution in [0.25, 0.3) is 0 Å². The number of nitriles is 2. The molecule has 5 nitrogen and oxygen atoms in total. The quantitative estimate of drug-likeness (QED) is 0.940. The van der Waals surface area contributed by atoms with Gasteiger partial charge in [-0.25, -0.2) is 0 Å². The summed E-state index contributed by atoms with van der Waals surface area (Å²) in [6.45, 7) is 2.06. The second kappa shape index (κ2) is 6.44. The Bertz CT molecular complexity index is 841. The van der Waals surface area contributed by atoms with E-state index in [4.69, 9.17) is 10.4 Å². The predicted molar refractivity (Wildman–Crippen MR) is 91.5 cm³/mol. The zero-order valence-electron chi connectivity index (χ0n) is 13.2. The van der Waals surface area contributed by atoms with Gasteiger partial charge in [-0.15, -0.1) is 0 Å². The lowest BCUT2D eigenvalue weighted by atomic mass is 9.91. The van der Waals surface area contributed by atoms with E-state index >= 15 is 0 Å². The van der Waals surface area contributed by atoms with Crippen LogP contribution in [0.4, 0.5) is 5.69 Å². The summed E-state index contributed by atoms with van der Waals surface area (Å²) in [5.41, 5.74) is 3.29. The molecule has 2 atom stereocenters. The number of anilines is 1. The van der Waals surface area contributed by atoms with Gasteiger partial charge in [0.15, 0.2) is 0 Å². The standard InChI is InChI=1S/C19H16N4O/c1-13-18(10-11-20)23(16-6-8-17(24)9-7-16)22-19(13)15-4-2-14(12-21)3-5-15/h2-9,13,18,24H,10H2,1H3/t13-,18-/m0/s1. The predicted octanol–water partition coefficient (Wildman–Crippen LogP) is 3.41. The van der Waals surface area contributed by atoms with Gasteiger partial charge in [-0.3, -0.25) is 5.01 Å². The largest absolute Gasteiger partial charge is 0.508 e. The van der Waals surface area contributed by atoms with Gasteiger partial charge in [-0.05, 0) is 42.0 Å². The molecular weight excluding hydrogens is 300 g/mol. The zero-order valence-corrected chi connectivity index (χ0v) is 13.2. The Labute approximate surface area is 140 Å². The van der Waals surface area contributed by atoms with Crippen molar-refractivity contribution < 1.29 is 5.11 Å². The number of hydrazone groups is 1. The van der Waals surface area contributed by atoms with Crippen LogP contribution in [0, 0.1) is 28.6 Å². The van der Waals surface area contributed by atoms with Gasteiger partial charge in [0, 0.05) is 5.92 Å². The van der Waals surface area contributed by atoms with Crippen LogP contribution in [0.3, 0.4) is 0 Å². The summed E-state index contributed by atoms with van der Waals surface area (Å²) < 4.78 is 0. The van der Waals surface area contributed by atoms with Crippen molar-refractivity contribution in [3.05, 3.63) is 59.7 Å². The number of nitrogens with zero attached hydrogens (tertiary/aromatic N) is 4. The van der Waals surface area contributed by atoms with Gasteiger partial charge < -0.3 is 5.11 Å². The lowest BCUT2D eigenvalue weighted by molar-refractivity contribution is 0.475. The number of rotatable bonds is 3. The maximum atomic E-state index is 9.47. The highest BCUT2D eigenvalue weighted by atomic mass is 16.3. The molecule has 1 aliphatic rings. The third-order valence-electron chi connectivity index (χ3n) is 4.26. The highest BCUT2D eigenvalue weighted by molar-refractivity contribution is 6.04. The third-order valence-corrected chi connectivity index (χ3v) is 4.26. The second-order valence-electron chi connectivity index (χ2n) is 5.75. The monoisotopic (exact) mass is 316 g/mol. The molecule has 2 aromatic rings. The molecule has 0 radical (unpaired) electrons. The van der Waals surface area contributed by atoms with Crippen molar-refractivity contribution in [1.82, 2.24) is 0 Å². The lowest BCUT2D eigenvalue weighted by Crippen LogP contribution is -2.31. The Morgan fingerprint density at radius 1 is 1.08 bits per heavy atom. The average molecular weight is 316 g/mol. The molecule has 2 aromatic carbocycles. The Hall–Kier alpha value is -3.31. The van der Waals surface area contributed by atoms with E-state index in [9.17, 15) is 10.4 Å². The van der Waals surface area contributed by atoms with Gasteiger partial charge in [-0.1, -0.05) is 19.1 Å². The van der Waals surface area contributed by atoms with Gasteiger partial charge in [0.25, 0.3) is 0 Å². The fourth-order valence-electron chi connectivity index (χ4n) is 2.92. The van der Waals surface area contributed by atoms with Crippen LogP contribution in [0.5, 0.6) is 5.75 Å². The molecule has 0 saturated heterocycles. The number of hydrogen-bond donors (Lipinski definition) is 1. The molecule has 0 aromatic heterocycles. The van der Waals surface area contributed by atoms with E-state index in [-0.39, 0.29) is 17.7 Å². The number of benzene rings is 2. The molecule has 1 N–H and O–H groups in total. The van der Waals surface area contributed by atoms with Gasteiger partial charge in [0.1, 0.15) is 5.75 Å². The van der Waals surface area contributed by atoms with Crippen molar-refractivity contribution in [3.63, 3.8) is 0 Å². The van der Waals surface area contributed by atoms with Crippen molar-refractivity contribution in [2.75, 3.05) is 5.01 Å². The minimum absolute atomic E-state index is 0.0646. The number of aromatic hydroxyl groups is 1. The summed E-state index contributed by atoms with van der Waals surface area (Å²) in [5.74, 6) is 0.269. The molecule has 0 bridgehead atoms. The molecule has 0 unspecified atom stereocenters. The van der Waals surface area contributed by atoms with E-state index in [1.165, 1.54) is 0 Å². The summed E-state index contributed by atoms with van der Waals surface area (Å²) in [7, 11) is 0. The Balaban J connectivity index is 1.99. The second-order valence-corrected chi connectivity index (χ2v) is 5.75. The summed E-state index contributed by atoms with van der Waals surface area (Å²) in [4.78, 5) is 0. The maximum absolute atomic E-state index is 9.47. The van der Waals surface area contributed by atoms with E-state index in [1.54, 1.807) is 36.4 Å². The molecule has 0 saturated carbocycles. The van der Waals surface area contributed by atoms with E-state index < -0.39 is 0 Å². The first kappa shape index (κ1) is 15.6. The molecule has 24 heavy (non-hydrogen) atoms. The van der Waals surface area contributed by atoms with Crippen LogP contribution in [-0.4, -0.2) is 16.9 Å². The minimum Gasteiger partial charge on any atom is -0.508 e. The molecule has 118 valence electrons. The van der Waals surface area contributed by atoms with Crippen molar-refractivity contribution in [2.45, 2.75) is 19.4 Å². The molecule has 1 heterocycles. The van der Waals surface area contributed by atoms with Crippen LogP contribution in [0.1, 0.15) is 24.5 Å². The van der Waals surface area contributed by atoms with Crippen LogP contribution in [0.2, 0.25) is 0 Å². The first-order chi connectivity index (χ1) is 11.6. The summed E-state index contributed by atoms with van der Waals surface area (Å²) in [5, 5.41) is 34.1. The van der Waals surface area contributed by atoms with E-state index in [0.29, 0.717) is 12.0 Å². The van der Waals surface area contributed by atoms with Crippen LogP contribution in [-0.2, 0) is 0 Å². The number of phenols is 1. The number of phenolic OH excluding ortho intramolecular Hbond substituents is 1. The SMILES string of the molecule is C[C@@H]1C(c2ccc(C#N)cc2)=NN(c2ccc(O)cc2)[C@H]1CC#N. The summed E-state index contributed by atoms with van der Waals surface area (Å²) >= 11 is 0. The summed E-state index contributed by atoms with van der Waals surface area (Å²) in [6.07, 6.45) is 0.353. The molecule has 5 heteroatoms. The molecule has 0 fully saturated rings. The first-order valence-electron chi connectivity index (χ1n) is 7.68. The van der Waals surface area contributed by atoms with Crippen LogP contribution < -0.4 is 5.01 Å².